The molecule has 5 fully saturated rings. The molecule has 7 atom stereocenters. The molecule has 4 saturated heterocycles. The minimum absolute atomic E-state index is 0.0215. The van der Waals surface area contributed by atoms with E-state index in [1.165, 1.54) is 6.33 Å². The van der Waals surface area contributed by atoms with E-state index in [4.69, 9.17) is 19.2 Å². The Bertz CT molecular complexity index is 682. The zero-order chi connectivity index (χ0) is 17.2. The van der Waals surface area contributed by atoms with Crippen LogP contribution in [0.5, 0.6) is 0 Å². The fraction of sp³-hybridized carbons (Fsp3) is 0.824. The van der Waals surface area contributed by atoms with Crippen LogP contribution in [0.3, 0.4) is 0 Å². The molecular formula is C17H23N3O5. The van der Waals surface area contributed by atoms with Gasteiger partial charge in [-0.2, -0.15) is 5.10 Å². The molecule has 136 valence electrons. The molecule has 2 bridgehead atoms. The molecule has 0 radical (unpaired) electrons. The number of fused-ring (bicyclic) bond motifs is 2. The van der Waals surface area contributed by atoms with Crippen molar-refractivity contribution < 1.29 is 24.0 Å². The van der Waals surface area contributed by atoms with Crippen molar-refractivity contribution in [2.45, 2.75) is 63.8 Å². The second kappa shape index (κ2) is 5.25. The first kappa shape index (κ1) is 15.7. The highest BCUT2D eigenvalue weighted by atomic mass is 17.3. The van der Waals surface area contributed by atoms with Crippen molar-refractivity contribution in [3.05, 3.63) is 12.7 Å². The molecule has 1 aromatic rings. The molecule has 0 unspecified atom stereocenters. The summed E-state index contributed by atoms with van der Waals surface area (Å²) in [6.45, 7) is 4.53. The monoisotopic (exact) mass is 349 g/mol. The molecule has 8 nitrogen and oxygen atoms in total. The zero-order valence-corrected chi connectivity index (χ0v) is 14.5. The Labute approximate surface area is 145 Å². The standard InChI is InChI=1S/C17H23N3O5/c1-10-3-4-13-11(7-20-9-18-8-19-20)14(21)22-15-17(13)12(10)5-6-16(2,23-15)24-25-17/h8-13,15H,3-7H2,1-2H3/t10-,11-,12+,13+,15-,16-,17-/m1/s1. The Balaban J connectivity index is 1.57. The largest absolute Gasteiger partial charge is 0.432 e. The molecule has 1 saturated carbocycles. The maximum atomic E-state index is 12.8. The summed E-state index contributed by atoms with van der Waals surface area (Å²) in [5, 5.41) is 4.15. The smallest absolute Gasteiger partial charge is 0.313 e. The van der Waals surface area contributed by atoms with Gasteiger partial charge in [-0.15, -0.1) is 0 Å². The van der Waals surface area contributed by atoms with E-state index >= 15 is 0 Å². The summed E-state index contributed by atoms with van der Waals surface area (Å²) < 4.78 is 13.6. The van der Waals surface area contributed by atoms with Gasteiger partial charge < -0.3 is 9.47 Å². The lowest BCUT2D eigenvalue weighted by molar-refractivity contribution is -0.559. The first-order chi connectivity index (χ1) is 12.0. The maximum Gasteiger partial charge on any atom is 0.313 e. The van der Waals surface area contributed by atoms with Gasteiger partial charge in [0.25, 0.3) is 0 Å². The van der Waals surface area contributed by atoms with Gasteiger partial charge in [0, 0.05) is 18.3 Å². The number of carbonyl (C=O) groups is 1. The van der Waals surface area contributed by atoms with Gasteiger partial charge in [0.15, 0.2) is 5.60 Å². The van der Waals surface area contributed by atoms with E-state index in [0.29, 0.717) is 12.5 Å². The van der Waals surface area contributed by atoms with Crippen molar-refractivity contribution in [3.63, 3.8) is 0 Å². The fourth-order valence-electron chi connectivity index (χ4n) is 5.35. The van der Waals surface area contributed by atoms with Crippen LogP contribution < -0.4 is 0 Å². The maximum absolute atomic E-state index is 12.8. The van der Waals surface area contributed by atoms with Gasteiger partial charge in [0.05, 0.1) is 12.5 Å². The molecule has 1 spiro atoms. The number of esters is 1. The lowest BCUT2D eigenvalue weighted by atomic mass is 9.58. The first-order valence-electron chi connectivity index (χ1n) is 9.09. The Morgan fingerprint density at radius 3 is 2.96 bits per heavy atom. The predicted octanol–water partition coefficient (Wildman–Crippen LogP) is 1.67. The van der Waals surface area contributed by atoms with Crippen LogP contribution in [0.1, 0.15) is 39.5 Å². The molecule has 5 heterocycles. The van der Waals surface area contributed by atoms with E-state index in [9.17, 15) is 4.79 Å². The van der Waals surface area contributed by atoms with E-state index in [-0.39, 0.29) is 23.7 Å². The van der Waals surface area contributed by atoms with Crippen molar-refractivity contribution in [2.24, 2.45) is 23.7 Å². The molecule has 0 amide bonds. The quantitative estimate of drug-likeness (QED) is 0.593. The molecule has 8 heteroatoms. The van der Waals surface area contributed by atoms with Crippen molar-refractivity contribution in [2.75, 3.05) is 0 Å². The highest BCUT2D eigenvalue weighted by molar-refractivity contribution is 5.74. The summed E-state index contributed by atoms with van der Waals surface area (Å²) in [7, 11) is 0. The van der Waals surface area contributed by atoms with Crippen LogP contribution in [0.15, 0.2) is 12.7 Å². The Hall–Kier alpha value is -1.51. The lowest BCUT2D eigenvalue weighted by Crippen LogP contribution is -2.70. The van der Waals surface area contributed by atoms with Gasteiger partial charge >= 0.3 is 5.97 Å². The SMILES string of the molecule is C[C@@H]1CC[C@H]2[C@@H](Cn3cncn3)C(=O)O[C@@H]3O[C@@]4(C)CC[C@@H]1[C@]32OO4. The normalized spacial score (nSPS) is 48.6. The van der Waals surface area contributed by atoms with Gasteiger partial charge in [0.1, 0.15) is 12.7 Å². The number of ether oxygens (including phenoxy) is 2. The van der Waals surface area contributed by atoms with Crippen LogP contribution in [0.25, 0.3) is 0 Å². The molecule has 0 aromatic carbocycles. The molecule has 1 aromatic heterocycles. The second-order valence-corrected chi connectivity index (χ2v) is 8.07. The molecule has 6 rings (SSSR count). The highest BCUT2D eigenvalue weighted by Crippen LogP contribution is 2.59. The molecule has 0 N–H and O–H groups in total. The van der Waals surface area contributed by atoms with Crippen LogP contribution in [0, 0.1) is 23.7 Å². The van der Waals surface area contributed by atoms with Crippen LogP contribution in [0.2, 0.25) is 0 Å². The summed E-state index contributed by atoms with van der Waals surface area (Å²) in [6, 6.07) is 0. The Morgan fingerprint density at radius 1 is 1.28 bits per heavy atom. The molecule has 5 aliphatic rings. The minimum Gasteiger partial charge on any atom is -0.432 e. The fourth-order valence-corrected chi connectivity index (χ4v) is 5.35. The van der Waals surface area contributed by atoms with Crippen molar-refractivity contribution >= 4 is 5.97 Å². The summed E-state index contributed by atoms with van der Waals surface area (Å²) in [5.74, 6) is -0.753. The summed E-state index contributed by atoms with van der Waals surface area (Å²) in [5.41, 5.74) is -0.729. The van der Waals surface area contributed by atoms with E-state index in [0.717, 1.165) is 25.7 Å². The van der Waals surface area contributed by atoms with E-state index in [2.05, 4.69) is 17.0 Å². The molecule has 4 aliphatic heterocycles. The van der Waals surface area contributed by atoms with Gasteiger partial charge in [-0.1, -0.05) is 6.92 Å². The van der Waals surface area contributed by atoms with Crippen LogP contribution in [-0.2, 0) is 30.6 Å². The van der Waals surface area contributed by atoms with Crippen LogP contribution in [0.4, 0.5) is 0 Å². The zero-order valence-electron chi connectivity index (χ0n) is 14.5. The van der Waals surface area contributed by atoms with Gasteiger partial charge in [-0.05, 0) is 32.1 Å². The topological polar surface area (TPSA) is 84.7 Å². The number of aromatic nitrogens is 3. The molecule has 1 aliphatic carbocycles. The average Bonchev–Trinajstić information content (AvgIpc) is 2.99. The van der Waals surface area contributed by atoms with Crippen molar-refractivity contribution in [1.29, 1.82) is 0 Å². The van der Waals surface area contributed by atoms with E-state index < -0.39 is 17.7 Å². The number of rotatable bonds is 2. The highest BCUT2D eigenvalue weighted by Gasteiger charge is 2.70. The molecular weight excluding hydrogens is 326 g/mol. The second-order valence-electron chi connectivity index (χ2n) is 8.07. The number of hydrogen-bond acceptors (Lipinski definition) is 7. The van der Waals surface area contributed by atoms with Gasteiger partial charge in [-0.25, -0.2) is 14.8 Å². The predicted molar refractivity (Wildman–Crippen MR) is 82.4 cm³/mol. The Kier molecular flexibility index (Phi) is 3.30. The number of hydrogen-bond donors (Lipinski definition) is 0. The summed E-state index contributed by atoms with van der Waals surface area (Å²) in [4.78, 5) is 28.5. The molecule has 25 heavy (non-hydrogen) atoms. The third-order valence-corrected chi connectivity index (χ3v) is 6.64. The van der Waals surface area contributed by atoms with E-state index in [1.54, 1.807) is 11.0 Å². The first-order valence-corrected chi connectivity index (χ1v) is 9.09. The lowest BCUT2D eigenvalue weighted by Gasteiger charge is -2.58. The van der Waals surface area contributed by atoms with Gasteiger partial charge in [0.2, 0.25) is 12.1 Å². The summed E-state index contributed by atoms with van der Waals surface area (Å²) in [6.07, 6.45) is 6.01. The minimum atomic E-state index is -0.851. The van der Waals surface area contributed by atoms with Crippen LogP contribution >= 0.6 is 0 Å². The van der Waals surface area contributed by atoms with E-state index in [1.807, 2.05) is 6.92 Å². The summed E-state index contributed by atoms with van der Waals surface area (Å²) >= 11 is 0. The number of nitrogens with zero attached hydrogens (tertiary/aromatic N) is 3. The average molecular weight is 349 g/mol. The van der Waals surface area contributed by atoms with Crippen LogP contribution in [-0.4, -0.2) is 38.4 Å². The van der Waals surface area contributed by atoms with Gasteiger partial charge in [-0.3, -0.25) is 9.48 Å². The number of carbonyl (C=O) groups excluding carboxylic acids is 1. The van der Waals surface area contributed by atoms with Crippen molar-refractivity contribution in [3.8, 4) is 0 Å². The third-order valence-electron chi connectivity index (χ3n) is 6.64. The Morgan fingerprint density at radius 2 is 2.16 bits per heavy atom. The van der Waals surface area contributed by atoms with Crippen molar-refractivity contribution in [1.82, 2.24) is 14.8 Å². The third kappa shape index (κ3) is 2.14.